The first kappa shape index (κ1) is 19.5. The predicted molar refractivity (Wildman–Crippen MR) is 99.8 cm³/mol. The molecule has 1 heterocycles. The number of carbonyl (C=O) groups is 3. The van der Waals surface area contributed by atoms with Crippen LogP contribution in [-0.2, 0) is 20.8 Å². The molecule has 1 aromatic heterocycles. The molecule has 8 nitrogen and oxygen atoms in total. The molecule has 2 aromatic rings. The number of hydrogen-bond acceptors (Lipinski definition) is 6. The van der Waals surface area contributed by atoms with E-state index in [1.165, 1.54) is 11.8 Å². The molecule has 26 heavy (non-hydrogen) atoms. The van der Waals surface area contributed by atoms with E-state index >= 15 is 0 Å². The molecular formula is C17H20N4O4S. The summed E-state index contributed by atoms with van der Waals surface area (Å²) in [6.45, 7) is 3.42. The molecule has 0 saturated carbocycles. The minimum absolute atomic E-state index is 0.0412. The van der Waals surface area contributed by atoms with Gasteiger partial charge in [0.1, 0.15) is 5.76 Å². The third-order valence-corrected chi connectivity index (χ3v) is 4.51. The Hall–Kier alpha value is -2.81. The zero-order valence-corrected chi connectivity index (χ0v) is 15.3. The highest BCUT2D eigenvalue weighted by molar-refractivity contribution is 8.01. The maximum atomic E-state index is 12.1. The molecule has 0 bridgehead atoms. The average molecular weight is 376 g/mol. The molecule has 138 valence electrons. The van der Waals surface area contributed by atoms with Crippen LogP contribution in [0.3, 0.4) is 0 Å². The van der Waals surface area contributed by atoms with Gasteiger partial charge in [0.25, 0.3) is 0 Å². The normalized spacial score (nSPS) is 11.6. The molecular weight excluding hydrogens is 356 g/mol. The minimum Gasteiger partial charge on any atom is -0.369 e. The minimum atomic E-state index is -0.477. The van der Waals surface area contributed by atoms with Gasteiger partial charge in [-0.1, -0.05) is 23.4 Å². The van der Waals surface area contributed by atoms with Gasteiger partial charge in [-0.15, -0.1) is 11.8 Å². The molecule has 0 unspecified atom stereocenters. The van der Waals surface area contributed by atoms with Crippen LogP contribution in [0.2, 0.25) is 0 Å². The van der Waals surface area contributed by atoms with Crippen molar-refractivity contribution in [1.82, 2.24) is 5.16 Å². The molecule has 0 saturated heterocycles. The Labute approximate surface area is 154 Å². The smallest absolute Gasteiger partial charge is 0.238 e. The van der Waals surface area contributed by atoms with Crippen LogP contribution in [0.15, 0.2) is 34.9 Å². The Kier molecular flexibility index (Phi) is 6.79. The fourth-order valence-corrected chi connectivity index (χ4v) is 2.78. The van der Waals surface area contributed by atoms with E-state index in [9.17, 15) is 14.4 Å². The van der Waals surface area contributed by atoms with Crippen molar-refractivity contribution in [3.63, 3.8) is 0 Å². The van der Waals surface area contributed by atoms with E-state index in [1.807, 2.05) is 0 Å². The second kappa shape index (κ2) is 9.04. The van der Waals surface area contributed by atoms with Crippen molar-refractivity contribution in [3.8, 4) is 0 Å². The first-order valence-electron chi connectivity index (χ1n) is 7.87. The zero-order chi connectivity index (χ0) is 19.1. The van der Waals surface area contributed by atoms with Crippen LogP contribution < -0.4 is 16.4 Å². The largest absolute Gasteiger partial charge is 0.369 e. The van der Waals surface area contributed by atoms with Gasteiger partial charge >= 0.3 is 0 Å². The van der Waals surface area contributed by atoms with Crippen molar-refractivity contribution in [3.05, 3.63) is 41.7 Å². The highest BCUT2D eigenvalue weighted by Gasteiger charge is 2.17. The van der Waals surface area contributed by atoms with Gasteiger partial charge in [0.05, 0.1) is 17.4 Å². The molecule has 0 aliphatic heterocycles. The number of nitrogens with one attached hydrogen (secondary N) is 2. The molecule has 0 aliphatic carbocycles. The predicted octanol–water partition coefficient (Wildman–Crippen LogP) is 1.71. The number of thioether (sulfide) groups is 1. The first-order valence-corrected chi connectivity index (χ1v) is 8.92. The van der Waals surface area contributed by atoms with Gasteiger partial charge in [-0.05, 0) is 25.5 Å². The van der Waals surface area contributed by atoms with E-state index in [2.05, 4.69) is 15.8 Å². The van der Waals surface area contributed by atoms with Crippen LogP contribution in [0.25, 0.3) is 0 Å². The number of primary amides is 1. The van der Waals surface area contributed by atoms with Gasteiger partial charge in [0.2, 0.25) is 17.7 Å². The first-order chi connectivity index (χ1) is 12.3. The number of rotatable bonds is 8. The van der Waals surface area contributed by atoms with Crippen molar-refractivity contribution in [2.45, 2.75) is 25.5 Å². The number of anilines is 2. The Morgan fingerprint density at radius 2 is 2.00 bits per heavy atom. The van der Waals surface area contributed by atoms with Crippen LogP contribution in [0.4, 0.5) is 11.5 Å². The van der Waals surface area contributed by atoms with Gasteiger partial charge < -0.3 is 20.9 Å². The lowest BCUT2D eigenvalue weighted by Gasteiger charge is -2.12. The molecule has 9 heteroatoms. The number of hydrogen-bond donors (Lipinski definition) is 3. The number of aryl methyl sites for hydroxylation is 1. The standard InChI is InChI=1S/C17H20N4O4S/c1-10-7-15(21-25-10)20-17(24)11(2)26-9-16(23)19-13-6-4-3-5-12(13)8-14(18)22/h3-7,11H,8-9H2,1-2H3,(H2,18,22)(H,19,23)(H,20,21,24)/t11-/m1/s1. The van der Waals surface area contributed by atoms with Crippen molar-refractivity contribution in [1.29, 1.82) is 0 Å². The van der Waals surface area contributed by atoms with Crippen molar-refractivity contribution < 1.29 is 18.9 Å². The molecule has 2 rings (SSSR count). The summed E-state index contributed by atoms with van der Waals surface area (Å²) >= 11 is 1.18. The highest BCUT2D eigenvalue weighted by Crippen LogP contribution is 2.18. The lowest BCUT2D eigenvalue weighted by atomic mass is 10.1. The summed E-state index contributed by atoms with van der Waals surface area (Å²) < 4.78 is 4.88. The van der Waals surface area contributed by atoms with E-state index in [4.69, 9.17) is 10.3 Å². The van der Waals surface area contributed by atoms with Crippen LogP contribution in [0, 0.1) is 6.92 Å². The van der Waals surface area contributed by atoms with E-state index < -0.39 is 11.2 Å². The quantitative estimate of drug-likeness (QED) is 0.643. The number of benzene rings is 1. The van der Waals surface area contributed by atoms with Gasteiger partial charge in [0.15, 0.2) is 5.82 Å². The van der Waals surface area contributed by atoms with E-state index in [0.717, 1.165) is 0 Å². The summed E-state index contributed by atoms with van der Waals surface area (Å²) in [5.41, 5.74) is 6.39. The van der Waals surface area contributed by atoms with Crippen molar-refractivity contribution in [2.75, 3.05) is 16.4 Å². The van der Waals surface area contributed by atoms with Crippen LogP contribution in [0.1, 0.15) is 18.2 Å². The average Bonchev–Trinajstić information content (AvgIpc) is 2.98. The van der Waals surface area contributed by atoms with Crippen molar-refractivity contribution in [2.24, 2.45) is 5.73 Å². The van der Waals surface area contributed by atoms with Gasteiger partial charge in [-0.2, -0.15) is 0 Å². The number of nitrogens with two attached hydrogens (primary N) is 1. The highest BCUT2D eigenvalue weighted by atomic mass is 32.2. The number of nitrogens with zero attached hydrogens (tertiary/aromatic N) is 1. The lowest BCUT2D eigenvalue weighted by molar-refractivity contribution is -0.117. The zero-order valence-electron chi connectivity index (χ0n) is 14.4. The summed E-state index contributed by atoms with van der Waals surface area (Å²) in [5, 5.41) is 8.59. The van der Waals surface area contributed by atoms with Crippen LogP contribution in [0.5, 0.6) is 0 Å². The Morgan fingerprint density at radius 3 is 2.65 bits per heavy atom. The van der Waals surface area contributed by atoms with E-state index in [1.54, 1.807) is 44.2 Å². The number of carbonyl (C=O) groups excluding carboxylic acids is 3. The summed E-state index contributed by atoms with van der Waals surface area (Å²) in [7, 11) is 0. The van der Waals surface area contributed by atoms with Gasteiger partial charge in [-0.25, -0.2) is 0 Å². The van der Waals surface area contributed by atoms with Gasteiger partial charge in [0, 0.05) is 11.8 Å². The van der Waals surface area contributed by atoms with Crippen molar-refractivity contribution >= 4 is 41.0 Å². The van der Waals surface area contributed by atoms with Gasteiger partial charge in [-0.3, -0.25) is 14.4 Å². The molecule has 3 amide bonds. The lowest BCUT2D eigenvalue weighted by Crippen LogP contribution is -2.25. The number of para-hydroxylation sites is 1. The summed E-state index contributed by atoms with van der Waals surface area (Å²) in [6, 6.07) is 8.55. The molecule has 0 aliphatic rings. The Bertz CT molecular complexity index is 806. The summed E-state index contributed by atoms with van der Waals surface area (Å²) in [5.74, 6) is -0.0138. The van der Waals surface area contributed by atoms with Crippen LogP contribution >= 0.6 is 11.8 Å². The Balaban J connectivity index is 1.84. The molecule has 1 aromatic carbocycles. The molecule has 1 atom stereocenters. The monoisotopic (exact) mass is 376 g/mol. The Morgan fingerprint density at radius 1 is 1.27 bits per heavy atom. The molecule has 0 radical (unpaired) electrons. The maximum absolute atomic E-state index is 12.1. The summed E-state index contributed by atoms with van der Waals surface area (Å²) in [6.07, 6.45) is 0.0412. The topological polar surface area (TPSA) is 127 Å². The summed E-state index contributed by atoms with van der Waals surface area (Å²) in [4.78, 5) is 35.3. The molecule has 4 N–H and O–H groups in total. The van der Waals surface area contributed by atoms with Crippen LogP contribution in [-0.4, -0.2) is 33.9 Å². The second-order valence-corrected chi connectivity index (χ2v) is 6.94. The second-order valence-electron chi connectivity index (χ2n) is 5.61. The molecule has 0 spiro atoms. The number of amides is 3. The number of aromatic nitrogens is 1. The van der Waals surface area contributed by atoms with E-state index in [0.29, 0.717) is 22.8 Å². The fraction of sp³-hybridized carbons (Fsp3) is 0.294. The fourth-order valence-electron chi connectivity index (χ4n) is 2.10. The maximum Gasteiger partial charge on any atom is 0.238 e. The third kappa shape index (κ3) is 5.92. The third-order valence-electron chi connectivity index (χ3n) is 3.37. The van der Waals surface area contributed by atoms with E-state index in [-0.39, 0.29) is 24.0 Å². The SMILES string of the molecule is Cc1cc(NC(=O)[C@@H](C)SCC(=O)Nc2ccccc2CC(N)=O)no1. The molecule has 0 fully saturated rings.